The van der Waals surface area contributed by atoms with Crippen LogP contribution in [0.15, 0.2) is 78.9 Å². The number of carbonyl (C=O) groups excluding carboxylic acids is 1. The second-order valence-corrected chi connectivity index (χ2v) is 10.1. The van der Waals surface area contributed by atoms with Gasteiger partial charge in [-0.3, -0.25) is 4.90 Å². The summed E-state index contributed by atoms with van der Waals surface area (Å²) in [7, 11) is 0. The van der Waals surface area contributed by atoms with E-state index in [0.29, 0.717) is 36.7 Å². The second-order valence-electron chi connectivity index (χ2n) is 10.1. The average Bonchev–Trinajstić information content (AvgIpc) is 2.95. The van der Waals surface area contributed by atoms with E-state index >= 15 is 0 Å². The first-order chi connectivity index (χ1) is 18.6. The van der Waals surface area contributed by atoms with Gasteiger partial charge in [0.05, 0.1) is 18.2 Å². The maximum atomic E-state index is 13.0. The van der Waals surface area contributed by atoms with Crippen molar-refractivity contribution in [3.05, 3.63) is 101 Å². The van der Waals surface area contributed by atoms with E-state index in [9.17, 15) is 14.7 Å². The topological polar surface area (TPSA) is 88.1 Å². The first-order valence-corrected chi connectivity index (χ1v) is 13.4. The van der Waals surface area contributed by atoms with Crippen LogP contribution in [0.4, 0.5) is 4.79 Å². The van der Waals surface area contributed by atoms with E-state index in [2.05, 4.69) is 10.2 Å². The van der Waals surface area contributed by atoms with Crippen molar-refractivity contribution in [1.29, 1.82) is 0 Å². The molecule has 3 heterocycles. The number of fused-ring (bicyclic) bond motifs is 3. The summed E-state index contributed by atoms with van der Waals surface area (Å²) >= 11 is 0. The van der Waals surface area contributed by atoms with E-state index in [0.717, 1.165) is 49.2 Å². The SMILES string of the molecule is O=C(NC(c1ccccc1)c1cccc(OCCCc2ccccc2C(=O)O)c1)O[C@H]1CN2CCC1CC2. The van der Waals surface area contributed by atoms with Gasteiger partial charge in [-0.2, -0.15) is 0 Å². The van der Waals surface area contributed by atoms with Gasteiger partial charge in [0.2, 0.25) is 0 Å². The fourth-order valence-corrected chi connectivity index (χ4v) is 5.52. The summed E-state index contributed by atoms with van der Waals surface area (Å²) in [5.41, 5.74) is 2.99. The zero-order chi connectivity index (χ0) is 26.3. The molecule has 2 bridgehead atoms. The zero-order valence-electron chi connectivity index (χ0n) is 21.4. The van der Waals surface area contributed by atoms with Gasteiger partial charge in [-0.05, 0) is 79.6 Å². The van der Waals surface area contributed by atoms with Gasteiger partial charge in [0.15, 0.2) is 0 Å². The number of hydrogen-bond donors (Lipinski definition) is 2. The van der Waals surface area contributed by atoms with Gasteiger partial charge in [0.1, 0.15) is 11.9 Å². The van der Waals surface area contributed by atoms with Crippen molar-refractivity contribution < 1.29 is 24.2 Å². The van der Waals surface area contributed by atoms with Gasteiger partial charge >= 0.3 is 12.1 Å². The molecule has 3 aromatic rings. The molecule has 1 unspecified atom stereocenters. The molecule has 0 aliphatic carbocycles. The van der Waals surface area contributed by atoms with Gasteiger partial charge < -0.3 is 19.9 Å². The first kappa shape index (κ1) is 25.8. The maximum Gasteiger partial charge on any atom is 0.408 e. The van der Waals surface area contributed by atoms with Crippen LogP contribution in [0.1, 0.15) is 52.4 Å². The Labute approximate surface area is 223 Å². The number of piperidine rings is 3. The highest BCUT2D eigenvalue weighted by Crippen LogP contribution is 2.30. The number of ether oxygens (including phenoxy) is 2. The molecule has 0 aromatic heterocycles. The van der Waals surface area contributed by atoms with Crippen LogP contribution in [-0.2, 0) is 11.2 Å². The standard InChI is InChI=1S/C31H34N2O5/c34-30(35)27-14-5-4-8-22(27)12-7-19-37-26-13-6-11-25(20-26)29(24-9-2-1-3-10-24)32-31(36)38-28-21-33-17-15-23(28)16-18-33/h1-6,8-11,13-14,20,23,28-29H,7,12,15-19,21H2,(H,32,36)(H,34,35)/t28-,29?/m0/s1. The van der Waals surface area contributed by atoms with Crippen LogP contribution >= 0.6 is 0 Å². The quantitative estimate of drug-likeness (QED) is 0.357. The highest BCUT2D eigenvalue weighted by molar-refractivity contribution is 5.89. The number of carboxylic acids is 1. The third kappa shape index (κ3) is 6.34. The van der Waals surface area contributed by atoms with Gasteiger partial charge in [-0.25, -0.2) is 9.59 Å². The van der Waals surface area contributed by atoms with Crippen molar-refractivity contribution in [2.24, 2.45) is 5.92 Å². The lowest BCUT2D eigenvalue weighted by Crippen LogP contribution is -2.52. The number of rotatable bonds is 10. The van der Waals surface area contributed by atoms with Crippen LogP contribution in [0.25, 0.3) is 0 Å². The number of nitrogens with one attached hydrogen (secondary N) is 1. The molecule has 38 heavy (non-hydrogen) atoms. The lowest BCUT2D eigenvalue weighted by atomic mass is 9.86. The number of carboxylic acid groups (broad SMARTS) is 1. The van der Waals surface area contributed by atoms with E-state index < -0.39 is 12.1 Å². The Balaban J connectivity index is 1.23. The van der Waals surface area contributed by atoms with Crippen molar-refractivity contribution in [3.8, 4) is 5.75 Å². The van der Waals surface area contributed by atoms with Gasteiger partial charge in [0, 0.05) is 6.54 Å². The van der Waals surface area contributed by atoms with E-state index in [1.165, 1.54) is 0 Å². The van der Waals surface area contributed by atoms with Gasteiger partial charge in [-0.15, -0.1) is 0 Å². The lowest BCUT2D eigenvalue weighted by molar-refractivity contribution is -0.0336. The molecule has 0 spiro atoms. The molecule has 7 heteroatoms. The van der Waals surface area contributed by atoms with E-state index in [1.807, 2.05) is 66.7 Å². The summed E-state index contributed by atoms with van der Waals surface area (Å²) < 4.78 is 11.9. The van der Waals surface area contributed by atoms with Crippen LogP contribution in [-0.4, -0.2) is 54.4 Å². The molecule has 0 radical (unpaired) electrons. The average molecular weight is 515 g/mol. The summed E-state index contributed by atoms with van der Waals surface area (Å²) in [4.78, 5) is 26.8. The molecule has 198 valence electrons. The third-order valence-corrected chi connectivity index (χ3v) is 7.55. The summed E-state index contributed by atoms with van der Waals surface area (Å²) in [6.07, 6.45) is 3.00. The number of amides is 1. The molecule has 3 aliphatic rings. The largest absolute Gasteiger partial charge is 0.494 e. The van der Waals surface area contributed by atoms with Crippen LogP contribution in [0.3, 0.4) is 0 Å². The predicted molar refractivity (Wildman–Crippen MR) is 145 cm³/mol. The minimum Gasteiger partial charge on any atom is -0.494 e. The summed E-state index contributed by atoms with van der Waals surface area (Å²) in [6.45, 7) is 3.45. The predicted octanol–water partition coefficient (Wildman–Crippen LogP) is 5.31. The van der Waals surface area contributed by atoms with Crippen molar-refractivity contribution in [3.63, 3.8) is 0 Å². The molecule has 3 aliphatic heterocycles. The Hall–Kier alpha value is -3.84. The monoisotopic (exact) mass is 514 g/mol. The van der Waals surface area contributed by atoms with Gasteiger partial charge in [0.25, 0.3) is 0 Å². The maximum absolute atomic E-state index is 13.0. The van der Waals surface area contributed by atoms with E-state index in [1.54, 1.807) is 12.1 Å². The van der Waals surface area contributed by atoms with Crippen LogP contribution in [0, 0.1) is 5.92 Å². The molecular formula is C31H34N2O5. The van der Waals surface area contributed by atoms with Crippen LogP contribution in [0.5, 0.6) is 5.75 Å². The number of hydrogen-bond acceptors (Lipinski definition) is 5. The van der Waals surface area contributed by atoms with E-state index in [4.69, 9.17) is 9.47 Å². The highest BCUT2D eigenvalue weighted by Gasteiger charge is 2.36. The molecule has 3 saturated heterocycles. The minimum absolute atomic E-state index is 0.0603. The Bertz CT molecular complexity index is 1240. The summed E-state index contributed by atoms with van der Waals surface area (Å²) in [6, 6.07) is 24.3. The fourth-order valence-electron chi connectivity index (χ4n) is 5.52. The van der Waals surface area contributed by atoms with Crippen molar-refractivity contribution in [2.75, 3.05) is 26.2 Å². The Kier molecular flexibility index (Phi) is 8.24. The van der Waals surface area contributed by atoms with E-state index in [-0.39, 0.29) is 12.1 Å². The molecule has 6 rings (SSSR count). The Morgan fingerprint density at radius 3 is 2.42 bits per heavy atom. The smallest absolute Gasteiger partial charge is 0.408 e. The third-order valence-electron chi connectivity index (χ3n) is 7.55. The molecule has 3 fully saturated rings. The number of aryl methyl sites for hydroxylation is 1. The van der Waals surface area contributed by atoms with Crippen molar-refractivity contribution in [1.82, 2.24) is 10.2 Å². The minimum atomic E-state index is -0.916. The molecule has 3 aromatic carbocycles. The fraction of sp³-hybridized carbons (Fsp3) is 0.355. The van der Waals surface area contributed by atoms with Crippen molar-refractivity contribution >= 4 is 12.1 Å². The molecule has 7 nitrogen and oxygen atoms in total. The number of alkyl carbamates (subject to hydrolysis) is 1. The molecule has 2 N–H and O–H groups in total. The zero-order valence-corrected chi connectivity index (χ0v) is 21.4. The highest BCUT2D eigenvalue weighted by atomic mass is 16.6. The molecule has 2 atom stereocenters. The van der Waals surface area contributed by atoms with Crippen LogP contribution in [0.2, 0.25) is 0 Å². The summed E-state index contributed by atoms with van der Waals surface area (Å²) in [5.74, 6) is 0.225. The molecular weight excluding hydrogens is 480 g/mol. The first-order valence-electron chi connectivity index (χ1n) is 13.4. The molecule has 1 amide bonds. The van der Waals surface area contributed by atoms with Crippen molar-refractivity contribution in [2.45, 2.75) is 37.8 Å². The number of carbonyl (C=O) groups is 2. The Morgan fingerprint density at radius 2 is 1.68 bits per heavy atom. The van der Waals surface area contributed by atoms with Crippen LogP contribution < -0.4 is 10.1 Å². The lowest BCUT2D eigenvalue weighted by Gasteiger charge is -2.43. The number of aromatic carboxylic acids is 1. The summed E-state index contributed by atoms with van der Waals surface area (Å²) in [5, 5.41) is 12.5. The molecule has 0 saturated carbocycles. The number of nitrogens with zero attached hydrogens (tertiary/aromatic N) is 1. The van der Waals surface area contributed by atoms with Gasteiger partial charge in [-0.1, -0.05) is 60.7 Å². The Morgan fingerprint density at radius 1 is 0.947 bits per heavy atom. The second kappa shape index (κ2) is 12.1. The normalized spacial score (nSPS) is 20.9. The number of benzene rings is 3.